The monoisotopic (exact) mass is 362 g/mol. The number of rotatable bonds is 8. The quantitative estimate of drug-likeness (QED) is 0.621. The van der Waals surface area contributed by atoms with Gasteiger partial charge in [-0.1, -0.05) is 48.5 Å². The normalized spacial score (nSPS) is 10.4. The van der Waals surface area contributed by atoms with Gasteiger partial charge in [0.25, 0.3) is 5.91 Å². The van der Waals surface area contributed by atoms with Crippen LogP contribution in [0.2, 0.25) is 0 Å². The molecular weight excluding hydrogens is 340 g/mol. The Morgan fingerprint density at radius 1 is 0.926 bits per heavy atom. The first-order valence-electron chi connectivity index (χ1n) is 8.76. The van der Waals surface area contributed by atoms with Crippen LogP contribution in [0, 0.1) is 0 Å². The number of benzene rings is 2. The highest BCUT2D eigenvalue weighted by atomic mass is 16.5. The summed E-state index contributed by atoms with van der Waals surface area (Å²) in [6, 6.07) is 21.3. The van der Waals surface area contributed by atoms with Gasteiger partial charge in [0.05, 0.1) is 6.61 Å². The molecule has 27 heavy (non-hydrogen) atoms. The van der Waals surface area contributed by atoms with Gasteiger partial charge in [-0.3, -0.25) is 4.79 Å². The van der Waals surface area contributed by atoms with Crippen molar-refractivity contribution in [2.45, 2.75) is 6.54 Å². The topological polar surface area (TPSA) is 60.5 Å². The minimum absolute atomic E-state index is 0.116. The molecule has 0 aliphatic heterocycles. The molecule has 1 heterocycles. The van der Waals surface area contributed by atoms with Gasteiger partial charge in [0.2, 0.25) is 5.88 Å². The number of carbonyl (C=O) groups excluding carboxylic acids is 1. The zero-order valence-electron chi connectivity index (χ0n) is 15.2. The summed E-state index contributed by atoms with van der Waals surface area (Å²) < 4.78 is 10.3. The maximum Gasteiger partial charge on any atom is 0.251 e. The Kier molecular flexibility index (Phi) is 6.55. The van der Waals surface area contributed by atoms with Gasteiger partial charge < -0.3 is 14.8 Å². The number of pyridine rings is 1. The van der Waals surface area contributed by atoms with Crippen molar-refractivity contribution in [1.82, 2.24) is 10.3 Å². The van der Waals surface area contributed by atoms with Gasteiger partial charge in [-0.15, -0.1) is 0 Å². The second kappa shape index (κ2) is 9.50. The van der Waals surface area contributed by atoms with Crippen molar-refractivity contribution >= 4 is 5.91 Å². The largest absolute Gasteiger partial charge is 0.475 e. The van der Waals surface area contributed by atoms with E-state index in [4.69, 9.17) is 9.47 Å². The number of nitrogens with zero attached hydrogens (tertiary/aromatic N) is 1. The van der Waals surface area contributed by atoms with Gasteiger partial charge in [0.1, 0.15) is 6.61 Å². The van der Waals surface area contributed by atoms with Crippen LogP contribution in [0.1, 0.15) is 15.9 Å². The van der Waals surface area contributed by atoms with Crippen LogP contribution >= 0.6 is 0 Å². The molecule has 0 bridgehead atoms. The fraction of sp³-hybridized carbons (Fsp3) is 0.182. The standard InChI is InChI=1S/C22H22N2O3/c1-26-13-14-27-21-12-7-17(15-23-21)16-24-22(25)20-10-8-19(9-11-20)18-5-3-2-4-6-18/h2-12,15H,13-14,16H2,1H3,(H,24,25). The average molecular weight is 362 g/mol. The zero-order chi connectivity index (χ0) is 18.9. The lowest BCUT2D eigenvalue weighted by atomic mass is 10.0. The van der Waals surface area contributed by atoms with Crippen molar-refractivity contribution in [3.05, 3.63) is 84.1 Å². The van der Waals surface area contributed by atoms with E-state index in [0.29, 0.717) is 31.2 Å². The Balaban J connectivity index is 1.53. The second-order valence-corrected chi connectivity index (χ2v) is 5.97. The molecule has 5 nitrogen and oxygen atoms in total. The second-order valence-electron chi connectivity index (χ2n) is 5.97. The van der Waals surface area contributed by atoms with Gasteiger partial charge >= 0.3 is 0 Å². The predicted octanol–water partition coefficient (Wildman–Crippen LogP) is 3.70. The van der Waals surface area contributed by atoms with E-state index < -0.39 is 0 Å². The van der Waals surface area contributed by atoms with Crippen LogP contribution in [0.3, 0.4) is 0 Å². The smallest absolute Gasteiger partial charge is 0.251 e. The number of hydrogen-bond acceptors (Lipinski definition) is 4. The van der Waals surface area contributed by atoms with Crippen molar-refractivity contribution in [2.75, 3.05) is 20.3 Å². The molecule has 0 radical (unpaired) electrons. The van der Waals surface area contributed by atoms with Gasteiger partial charge in [0, 0.05) is 31.5 Å². The lowest BCUT2D eigenvalue weighted by molar-refractivity contribution is 0.0951. The van der Waals surface area contributed by atoms with E-state index in [1.165, 1.54) is 0 Å². The van der Waals surface area contributed by atoms with Gasteiger partial charge in [-0.2, -0.15) is 0 Å². The van der Waals surface area contributed by atoms with Gasteiger partial charge in [-0.25, -0.2) is 4.98 Å². The number of carbonyl (C=O) groups is 1. The van der Waals surface area contributed by atoms with E-state index in [9.17, 15) is 4.79 Å². The van der Waals surface area contributed by atoms with E-state index in [0.717, 1.165) is 16.7 Å². The first kappa shape index (κ1) is 18.6. The van der Waals surface area contributed by atoms with Crippen LogP contribution in [0.5, 0.6) is 5.88 Å². The molecule has 0 spiro atoms. The summed E-state index contributed by atoms with van der Waals surface area (Å²) in [5.74, 6) is 0.425. The fourth-order valence-electron chi connectivity index (χ4n) is 2.56. The average Bonchev–Trinajstić information content (AvgIpc) is 2.74. The Morgan fingerprint density at radius 3 is 2.33 bits per heavy atom. The van der Waals surface area contributed by atoms with Crippen molar-refractivity contribution < 1.29 is 14.3 Å². The summed E-state index contributed by atoms with van der Waals surface area (Å²) >= 11 is 0. The molecule has 0 unspecified atom stereocenters. The molecule has 5 heteroatoms. The molecule has 138 valence electrons. The summed E-state index contributed by atoms with van der Waals surface area (Å²) in [4.78, 5) is 16.6. The summed E-state index contributed by atoms with van der Waals surface area (Å²) in [6.07, 6.45) is 1.70. The highest BCUT2D eigenvalue weighted by molar-refractivity contribution is 5.94. The van der Waals surface area contributed by atoms with Crippen LogP contribution in [0.4, 0.5) is 0 Å². The summed E-state index contributed by atoms with van der Waals surface area (Å²) in [7, 11) is 1.62. The minimum atomic E-state index is -0.116. The Morgan fingerprint density at radius 2 is 1.67 bits per heavy atom. The zero-order valence-corrected chi connectivity index (χ0v) is 15.2. The Labute approximate surface area is 159 Å². The molecule has 3 aromatic rings. The number of hydrogen-bond donors (Lipinski definition) is 1. The van der Waals surface area contributed by atoms with Crippen LogP contribution in [0.15, 0.2) is 72.9 Å². The molecule has 0 atom stereocenters. The SMILES string of the molecule is COCCOc1ccc(CNC(=O)c2ccc(-c3ccccc3)cc2)cn1. The first-order valence-corrected chi connectivity index (χ1v) is 8.76. The molecule has 1 N–H and O–H groups in total. The van der Waals surface area contributed by atoms with Crippen LogP contribution in [-0.4, -0.2) is 31.2 Å². The molecule has 0 saturated carbocycles. The highest BCUT2D eigenvalue weighted by Crippen LogP contribution is 2.19. The molecule has 2 aromatic carbocycles. The molecule has 1 aromatic heterocycles. The first-order chi connectivity index (χ1) is 13.3. The molecule has 0 aliphatic carbocycles. The van der Waals surface area contributed by atoms with E-state index in [1.54, 1.807) is 19.4 Å². The maximum absolute atomic E-state index is 12.3. The molecule has 3 rings (SSSR count). The van der Waals surface area contributed by atoms with Crippen molar-refractivity contribution in [3.63, 3.8) is 0 Å². The van der Waals surface area contributed by atoms with Crippen molar-refractivity contribution in [1.29, 1.82) is 0 Å². The third-order valence-corrected chi connectivity index (χ3v) is 4.04. The summed E-state index contributed by atoms with van der Waals surface area (Å²) in [5.41, 5.74) is 3.74. The molecule has 1 amide bonds. The maximum atomic E-state index is 12.3. The Hall–Kier alpha value is -3.18. The summed E-state index contributed by atoms with van der Waals surface area (Å²) in [5, 5.41) is 2.91. The van der Waals surface area contributed by atoms with E-state index >= 15 is 0 Å². The van der Waals surface area contributed by atoms with Crippen LogP contribution in [0.25, 0.3) is 11.1 Å². The van der Waals surface area contributed by atoms with Crippen molar-refractivity contribution in [2.24, 2.45) is 0 Å². The number of nitrogens with one attached hydrogen (secondary N) is 1. The number of methoxy groups -OCH3 is 1. The summed E-state index contributed by atoms with van der Waals surface area (Å²) in [6.45, 7) is 1.38. The number of ether oxygens (including phenoxy) is 2. The van der Waals surface area contributed by atoms with Crippen LogP contribution < -0.4 is 10.1 Å². The highest BCUT2D eigenvalue weighted by Gasteiger charge is 2.06. The van der Waals surface area contributed by atoms with E-state index in [1.807, 2.05) is 60.7 Å². The number of amides is 1. The minimum Gasteiger partial charge on any atom is -0.475 e. The lowest BCUT2D eigenvalue weighted by Crippen LogP contribution is -2.22. The third kappa shape index (κ3) is 5.39. The van der Waals surface area contributed by atoms with Gasteiger partial charge in [0.15, 0.2) is 0 Å². The third-order valence-electron chi connectivity index (χ3n) is 4.04. The van der Waals surface area contributed by atoms with Crippen LogP contribution in [-0.2, 0) is 11.3 Å². The molecule has 0 aliphatic rings. The van der Waals surface area contributed by atoms with Crippen molar-refractivity contribution in [3.8, 4) is 17.0 Å². The molecule has 0 saturated heterocycles. The lowest BCUT2D eigenvalue weighted by Gasteiger charge is -2.08. The van der Waals surface area contributed by atoms with E-state index in [-0.39, 0.29) is 5.91 Å². The fourth-order valence-corrected chi connectivity index (χ4v) is 2.56. The predicted molar refractivity (Wildman–Crippen MR) is 105 cm³/mol. The molecular formula is C22H22N2O3. The van der Waals surface area contributed by atoms with Gasteiger partial charge in [-0.05, 0) is 28.8 Å². The van der Waals surface area contributed by atoms with E-state index in [2.05, 4.69) is 10.3 Å². The Bertz CT molecular complexity index is 847. The molecule has 0 fully saturated rings. The number of aromatic nitrogens is 1.